The molecular weight excluding hydrogens is 236 g/mol. The van der Waals surface area contributed by atoms with Gasteiger partial charge in [0.1, 0.15) is 0 Å². The third-order valence-corrected chi connectivity index (χ3v) is 5.18. The second kappa shape index (κ2) is 7.05. The van der Waals surface area contributed by atoms with Crippen LogP contribution >= 0.6 is 0 Å². The van der Waals surface area contributed by atoms with Gasteiger partial charge in [-0.15, -0.1) is 0 Å². The van der Waals surface area contributed by atoms with Crippen molar-refractivity contribution in [1.29, 1.82) is 0 Å². The van der Waals surface area contributed by atoms with Crippen LogP contribution in [-0.2, 0) is 4.74 Å². The number of nitrogens with one attached hydrogen (secondary N) is 1. The van der Waals surface area contributed by atoms with Gasteiger partial charge < -0.3 is 15.0 Å². The Morgan fingerprint density at radius 1 is 1.26 bits per heavy atom. The number of hydrogen-bond donors (Lipinski definition) is 1. The summed E-state index contributed by atoms with van der Waals surface area (Å²) < 4.78 is 5.39. The summed E-state index contributed by atoms with van der Waals surface area (Å²) in [6.07, 6.45) is 6.81. The Hall–Kier alpha value is -0.120. The van der Waals surface area contributed by atoms with E-state index in [1.165, 1.54) is 51.7 Å². The Bertz CT molecular complexity index is 255. The number of likely N-dealkylation sites (tertiary alicyclic amines) is 1. The smallest absolute Gasteiger partial charge is 0.0530 e. The van der Waals surface area contributed by atoms with Crippen LogP contribution in [0, 0.1) is 11.3 Å². The molecule has 1 saturated heterocycles. The average molecular weight is 268 g/mol. The molecule has 0 amide bonds. The predicted octanol–water partition coefficient (Wildman–Crippen LogP) is 2.51. The van der Waals surface area contributed by atoms with Crippen LogP contribution in [0.1, 0.15) is 46.0 Å². The van der Waals surface area contributed by atoms with Crippen molar-refractivity contribution in [2.75, 3.05) is 39.9 Å². The van der Waals surface area contributed by atoms with Gasteiger partial charge in [0, 0.05) is 25.1 Å². The van der Waals surface area contributed by atoms with Crippen LogP contribution in [0.25, 0.3) is 0 Å². The van der Waals surface area contributed by atoms with Crippen molar-refractivity contribution in [2.24, 2.45) is 11.3 Å². The van der Waals surface area contributed by atoms with Crippen molar-refractivity contribution < 1.29 is 4.74 Å². The summed E-state index contributed by atoms with van der Waals surface area (Å²) in [7, 11) is 1.84. The molecule has 19 heavy (non-hydrogen) atoms. The minimum absolute atomic E-state index is 0.466. The second-order valence-electron chi connectivity index (χ2n) is 6.99. The third-order valence-electron chi connectivity index (χ3n) is 5.18. The standard InChI is InChI=1S/C16H32N2O/c1-14(2)18-9-5-15(6-10-18)11-17-12-16(13-19-3)7-4-8-16/h14-15,17H,4-13H2,1-3H3. The monoisotopic (exact) mass is 268 g/mol. The van der Waals surface area contributed by atoms with Gasteiger partial charge in [-0.3, -0.25) is 0 Å². The minimum Gasteiger partial charge on any atom is -0.384 e. The molecule has 3 heteroatoms. The molecule has 0 aromatic rings. The molecule has 0 atom stereocenters. The molecule has 0 radical (unpaired) electrons. The molecule has 1 aliphatic heterocycles. The lowest BCUT2D eigenvalue weighted by Gasteiger charge is -2.42. The van der Waals surface area contributed by atoms with Gasteiger partial charge >= 0.3 is 0 Å². The van der Waals surface area contributed by atoms with Crippen molar-refractivity contribution in [1.82, 2.24) is 10.2 Å². The second-order valence-corrected chi connectivity index (χ2v) is 6.99. The van der Waals surface area contributed by atoms with Crippen LogP contribution in [0.2, 0.25) is 0 Å². The van der Waals surface area contributed by atoms with Crippen LogP contribution in [0.3, 0.4) is 0 Å². The van der Waals surface area contributed by atoms with Crippen molar-refractivity contribution in [3.8, 4) is 0 Å². The van der Waals surface area contributed by atoms with Crippen molar-refractivity contribution in [2.45, 2.75) is 52.0 Å². The first-order valence-electron chi connectivity index (χ1n) is 8.09. The first-order chi connectivity index (χ1) is 9.15. The third kappa shape index (κ3) is 4.17. The van der Waals surface area contributed by atoms with Gasteiger partial charge in [-0.2, -0.15) is 0 Å². The maximum Gasteiger partial charge on any atom is 0.0530 e. The fourth-order valence-electron chi connectivity index (χ4n) is 3.57. The van der Waals surface area contributed by atoms with E-state index in [1.54, 1.807) is 0 Å². The summed E-state index contributed by atoms with van der Waals surface area (Å²) in [6, 6.07) is 0.717. The SMILES string of the molecule is COCC1(CNCC2CCN(C(C)C)CC2)CCC1. The van der Waals surface area contributed by atoms with Crippen LogP contribution in [0.15, 0.2) is 0 Å². The van der Waals surface area contributed by atoms with Gasteiger partial charge in [-0.1, -0.05) is 6.42 Å². The topological polar surface area (TPSA) is 24.5 Å². The largest absolute Gasteiger partial charge is 0.384 e. The number of methoxy groups -OCH3 is 1. The van der Waals surface area contributed by atoms with Crippen molar-refractivity contribution >= 4 is 0 Å². The van der Waals surface area contributed by atoms with Gasteiger partial charge in [0.2, 0.25) is 0 Å². The van der Waals surface area contributed by atoms with Crippen molar-refractivity contribution in [3.63, 3.8) is 0 Å². The van der Waals surface area contributed by atoms with E-state index in [9.17, 15) is 0 Å². The lowest BCUT2D eigenvalue weighted by Crippen LogP contribution is -2.46. The zero-order valence-electron chi connectivity index (χ0n) is 13.1. The van der Waals surface area contributed by atoms with Crippen LogP contribution < -0.4 is 5.32 Å². The molecular formula is C16H32N2O. The predicted molar refractivity (Wildman–Crippen MR) is 80.5 cm³/mol. The van der Waals surface area contributed by atoms with E-state index in [-0.39, 0.29) is 0 Å². The number of nitrogens with zero attached hydrogens (tertiary/aromatic N) is 1. The van der Waals surface area contributed by atoms with Crippen molar-refractivity contribution in [3.05, 3.63) is 0 Å². The highest BCUT2D eigenvalue weighted by molar-refractivity contribution is 4.90. The quantitative estimate of drug-likeness (QED) is 0.768. The van der Waals surface area contributed by atoms with Gasteiger partial charge in [-0.05, 0) is 65.1 Å². The number of hydrogen-bond acceptors (Lipinski definition) is 3. The van der Waals surface area contributed by atoms with Gasteiger partial charge in [0.05, 0.1) is 6.61 Å². The van der Waals surface area contributed by atoms with E-state index in [2.05, 4.69) is 24.1 Å². The molecule has 1 N–H and O–H groups in total. The average Bonchev–Trinajstić information content (AvgIpc) is 2.36. The molecule has 2 aliphatic rings. The molecule has 0 aromatic carbocycles. The summed E-state index contributed by atoms with van der Waals surface area (Å²) in [5.74, 6) is 0.884. The highest BCUT2D eigenvalue weighted by Crippen LogP contribution is 2.40. The zero-order chi connectivity index (χ0) is 13.7. The molecule has 0 unspecified atom stereocenters. The van der Waals surface area contributed by atoms with E-state index in [0.717, 1.165) is 19.1 Å². The van der Waals surface area contributed by atoms with Gasteiger partial charge in [-0.25, -0.2) is 0 Å². The fraction of sp³-hybridized carbons (Fsp3) is 1.00. The van der Waals surface area contributed by atoms with Crippen LogP contribution in [0.4, 0.5) is 0 Å². The summed E-state index contributed by atoms with van der Waals surface area (Å²) in [4.78, 5) is 2.61. The number of piperidine rings is 1. The maximum absolute atomic E-state index is 5.39. The Balaban J connectivity index is 1.61. The van der Waals surface area contributed by atoms with E-state index in [0.29, 0.717) is 11.5 Å². The van der Waals surface area contributed by atoms with E-state index in [4.69, 9.17) is 4.74 Å². The molecule has 2 fully saturated rings. The fourth-order valence-corrected chi connectivity index (χ4v) is 3.57. The lowest BCUT2D eigenvalue weighted by molar-refractivity contribution is 0.0166. The molecule has 0 aromatic heterocycles. The summed E-state index contributed by atoms with van der Waals surface area (Å²) in [5.41, 5.74) is 0.466. The van der Waals surface area contributed by atoms with E-state index in [1.807, 2.05) is 7.11 Å². The molecule has 0 spiro atoms. The minimum atomic E-state index is 0.466. The summed E-state index contributed by atoms with van der Waals surface area (Å²) in [5, 5.41) is 3.73. The Labute approximate surface area is 119 Å². The number of rotatable bonds is 7. The highest BCUT2D eigenvalue weighted by atomic mass is 16.5. The molecule has 1 aliphatic carbocycles. The van der Waals surface area contributed by atoms with Crippen LogP contribution in [0.5, 0.6) is 0 Å². The Morgan fingerprint density at radius 2 is 1.95 bits per heavy atom. The molecule has 3 nitrogen and oxygen atoms in total. The summed E-state index contributed by atoms with van der Waals surface area (Å²) >= 11 is 0. The lowest BCUT2D eigenvalue weighted by atomic mass is 9.69. The normalized spacial score (nSPS) is 24.6. The Kier molecular flexibility index (Phi) is 5.67. The van der Waals surface area contributed by atoms with Gasteiger partial charge in [0.25, 0.3) is 0 Å². The summed E-state index contributed by atoms with van der Waals surface area (Å²) in [6.45, 7) is 10.5. The van der Waals surface area contributed by atoms with E-state index >= 15 is 0 Å². The first kappa shape index (κ1) is 15.3. The first-order valence-corrected chi connectivity index (χ1v) is 8.09. The molecule has 2 rings (SSSR count). The molecule has 0 bridgehead atoms. The maximum atomic E-state index is 5.39. The van der Waals surface area contributed by atoms with Crippen LogP contribution in [-0.4, -0.2) is 50.8 Å². The molecule has 1 heterocycles. The molecule has 112 valence electrons. The Morgan fingerprint density at radius 3 is 2.42 bits per heavy atom. The number of ether oxygens (including phenoxy) is 1. The highest BCUT2D eigenvalue weighted by Gasteiger charge is 2.36. The zero-order valence-corrected chi connectivity index (χ0v) is 13.1. The van der Waals surface area contributed by atoms with E-state index < -0.39 is 0 Å². The van der Waals surface area contributed by atoms with Gasteiger partial charge in [0.15, 0.2) is 0 Å². The molecule has 1 saturated carbocycles.